The Morgan fingerprint density at radius 1 is 1.53 bits per heavy atom. The minimum Gasteiger partial charge on any atom is -0.330 e. The molecule has 17 heavy (non-hydrogen) atoms. The van der Waals surface area contributed by atoms with E-state index in [1.807, 2.05) is 6.20 Å². The first-order chi connectivity index (χ1) is 8.33. The molecule has 1 atom stereocenters. The maximum absolute atomic E-state index is 5.53. The number of hydrogen-bond acceptors (Lipinski definition) is 3. The van der Waals surface area contributed by atoms with Gasteiger partial charge in [-0.2, -0.15) is 5.10 Å². The van der Waals surface area contributed by atoms with Crippen LogP contribution >= 0.6 is 0 Å². The van der Waals surface area contributed by atoms with Crippen LogP contribution in [0.5, 0.6) is 0 Å². The minimum absolute atomic E-state index is 0.565. The Labute approximate surface area is 104 Å². The predicted octanol–water partition coefficient (Wildman–Crippen LogP) is 1.43. The van der Waals surface area contributed by atoms with E-state index in [9.17, 15) is 0 Å². The maximum atomic E-state index is 5.53. The Bertz CT molecular complexity index is 334. The summed E-state index contributed by atoms with van der Waals surface area (Å²) in [6, 6.07) is 0.565. The number of rotatable bonds is 5. The maximum Gasteiger partial charge on any atom is 0.0646 e. The summed E-state index contributed by atoms with van der Waals surface area (Å²) in [4.78, 5) is 2.51. The van der Waals surface area contributed by atoms with Crippen LogP contribution in [-0.4, -0.2) is 40.9 Å². The summed E-state index contributed by atoms with van der Waals surface area (Å²) in [5.74, 6) is 0. The first-order valence-electron chi connectivity index (χ1n) is 6.79. The lowest BCUT2D eigenvalue weighted by molar-refractivity contribution is 0.177. The second kappa shape index (κ2) is 6.17. The third-order valence-corrected chi connectivity index (χ3v) is 3.63. The van der Waals surface area contributed by atoms with Gasteiger partial charge in [-0.25, -0.2) is 0 Å². The predicted molar refractivity (Wildman–Crippen MR) is 70.0 cm³/mol. The molecule has 0 aromatic carbocycles. The van der Waals surface area contributed by atoms with Crippen molar-refractivity contribution in [3.8, 4) is 0 Å². The summed E-state index contributed by atoms with van der Waals surface area (Å²) < 4.78 is 2.16. The van der Waals surface area contributed by atoms with Gasteiger partial charge in [-0.1, -0.05) is 6.92 Å². The molecular formula is C13H24N4. The van der Waals surface area contributed by atoms with Crippen molar-refractivity contribution in [2.75, 3.05) is 26.2 Å². The van der Waals surface area contributed by atoms with Gasteiger partial charge in [0.15, 0.2) is 0 Å². The van der Waals surface area contributed by atoms with E-state index in [0.29, 0.717) is 6.04 Å². The molecule has 1 aliphatic rings. The summed E-state index contributed by atoms with van der Waals surface area (Å²) in [5, 5.41) is 4.51. The zero-order chi connectivity index (χ0) is 12.1. The van der Waals surface area contributed by atoms with Crippen LogP contribution < -0.4 is 5.73 Å². The van der Waals surface area contributed by atoms with Crippen LogP contribution in [0.3, 0.4) is 0 Å². The van der Waals surface area contributed by atoms with E-state index >= 15 is 0 Å². The molecule has 0 radical (unpaired) electrons. The van der Waals surface area contributed by atoms with Crippen molar-refractivity contribution < 1.29 is 0 Å². The highest BCUT2D eigenvalue weighted by Gasteiger charge is 2.20. The van der Waals surface area contributed by atoms with Gasteiger partial charge in [-0.3, -0.25) is 4.68 Å². The van der Waals surface area contributed by atoms with Crippen molar-refractivity contribution in [1.82, 2.24) is 14.7 Å². The van der Waals surface area contributed by atoms with Gasteiger partial charge in [0.05, 0.1) is 12.2 Å². The summed E-state index contributed by atoms with van der Waals surface area (Å²) in [7, 11) is 0. The third kappa shape index (κ3) is 3.30. The Kier molecular flexibility index (Phi) is 4.57. The quantitative estimate of drug-likeness (QED) is 0.841. The van der Waals surface area contributed by atoms with Gasteiger partial charge < -0.3 is 10.6 Å². The monoisotopic (exact) mass is 236 g/mol. The molecular weight excluding hydrogens is 212 g/mol. The van der Waals surface area contributed by atoms with Crippen molar-refractivity contribution >= 4 is 0 Å². The molecule has 1 aromatic heterocycles. The van der Waals surface area contributed by atoms with Crippen LogP contribution in [0.25, 0.3) is 0 Å². The number of hydrogen-bond donors (Lipinski definition) is 1. The molecule has 4 heteroatoms. The zero-order valence-corrected chi connectivity index (χ0v) is 10.8. The SMILES string of the molecule is CCN1CCCC(n2cc(CCCN)cn2)C1. The number of aryl methyl sites for hydroxylation is 1. The highest BCUT2D eigenvalue weighted by molar-refractivity contribution is 5.05. The Balaban J connectivity index is 1.94. The zero-order valence-electron chi connectivity index (χ0n) is 10.8. The molecule has 2 heterocycles. The molecule has 4 nitrogen and oxygen atoms in total. The third-order valence-electron chi connectivity index (χ3n) is 3.63. The lowest BCUT2D eigenvalue weighted by Gasteiger charge is -2.31. The van der Waals surface area contributed by atoms with Gasteiger partial charge in [-0.05, 0) is 50.9 Å². The molecule has 1 aromatic rings. The molecule has 96 valence electrons. The molecule has 0 aliphatic carbocycles. The molecule has 2 N–H and O–H groups in total. The summed E-state index contributed by atoms with van der Waals surface area (Å²) in [6.45, 7) is 6.54. The first kappa shape index (κ1) is 12.6. The van der Waals surface area contributed by atoms with E-state index in [4.69, 9.17) is 5.73 Å². The second-order valence-electron chi connectivity index (χ2n) is 4.91. The van der Waals surface area contributed by atoms with Crippen molar-refractivity contribution in [3.63, 3.8) is 0 Å². The molecule has 2 rings (SSSR count). The Morgan fingerprint density at radius 2 is 2.41 bits per heavy atom. The molecule has 1 saturated heterocycles. The van der Waals surface area contributed by atoms with Crippen LogP contribution in [0.15, 0.2) is 12.4 Å². The van der Waals surface area contributed by atoms with Crippen LogP contribution in [0, 0.1) is 0 Å². The molecule has 0 saturated carbocycles. The van der Waals surface area contributed by atoms with E-state index < -0.39 is 0 Å². The summed E-state index contributed by atoms with van der Waals surface area (Å²) in [5.41, 5.74) is 6.85. The Hall–Kier alpha value is -0.870. The fourth-order valence-corrected chi connectivity index (χ4v) is 2.55. The molecule has 0 bridgehead atoms. The molecule has 1 fully saturated rings. The highest BCUT2D eigenvalue weighted by Crippen LogP contribution is 2.21. The van der Waals surface area contributed by atoms with Gasteiger partial charge in [0.25, 0.3) is 0 Å². The van der Waals surface area contributed by atoms with Crippen LogP contribution in [0.4, 0.5) is 0 Å². The van der Waals surface area contributed by atoms with E-state index in [-0.39, 0.29) is 0 Å². The smallest absolute Gasteiger partial charge is 0.0646 e. The summed E-state index contributed by atoms with van der Waals surface area (Å²) >= 11 is 0. The van der Waals surface area contributed by atoms with Crippen LogP contribution in [0.1, 0.15) is 37.8 Å². The van der Waals surface area contributed by atoms with Gasteiger partial charge in [0.1, 0.15) is 0 Å². The Morgan fingerprint density at radius 3 is 3.18 bits per heavy atom. The van der Waals surface area contributed by atoms with E-state index in [1.54, 1.807) is 0 Å². The first-order valence-corrected chi connectivity index (χ1v) is 6.79. The normalized spacial score (nSPS) is 21.9. The standard InChI is InChI=1S/C13H24N4/c1-2-16-8-4-6-13(11-16)17-10-12(9-15-17)5-3-7-14/h9-10,13H,2-8,11,14H2,1H3. The van der Waals surface area contributed by atoms with Gasteiger partial charge in [0, 0.05) is 12.7 Å². The average molecular weight is 236 g/mol. The number of likely N-dealkylation sites (tertiary alicyclic amines) is 1. The van der Waals surface area contributed by atoms with E-state index in [0.717, 1.165) is 32.5 Å². The lowest BCUT2D eigenvalue weighted by atomic mass is 10.1. The number of aromatic nitrogens is 2. The molecule has 0 amide bonds. The topological polar surface area (TPSA) is 47.1 Å². The van der Waals surface area contributed by atoms with Crippen LogP contribution in [0.2, 0.25) is 0 Å². The van der Waals surface area contributed by atoms with Gasteiger partial charge >= 0.3 is 0 Å². The van der Waals surface area contributed by atoms with E-state index in [2.05, 4.69) is 27.8 Å². The largest absolute Gasteiger partial charge is 0.330 e. The number of likely N-dealkylation sites (N-methyl/N-ethyl adjacent to an activating group) is 1. The molecule has 1 unspecified atom stereocenters. The second-order valence-corrected chi connectivity index (χ2v) is 4.91. The van der Waals surface area contributed by atoms with Crippen molar-refractivity contribution in [2.45, 2.75) is 38.6 Å². The fraction of sp³-hybridized carbons (Fsp3) is 0.769. The minimum atomic E-state index is 0.565. The van der Waals surface area contributed by atoms with E-state index in [1.165, 1.54) is 24.9 Å². The number of nitrogens with two attached hydrogens (primary N) is 1. The van der Waals surface area contributed by atoms with Crippen LogP contribution in [-0.2, 0) is 6.42 Å². The van der Waals surface area contributed by atoms with Gasteiger partial charge in [0.2, 0.25) is 0 Å². The number of piperidine rings is 1. The molecule has 1 aliphatic heterocycles. The van der Waals surface area contributed by atoms with Crippen molar-refractivity contribution in [3.05, 3.63) is 18.0 Å². The average Bonchev–Trinajstić information content (AvgIpc) is 2.85. The summed E-state index contributed by atoms with van der Waals surface area (Å²) in [6.07, 6.45) is 8.86. The van der Waals surface area contributed by atoms with Gasteiger partial charge in [-0.15, -0.1) is 0 Å². The lowest BCUT2D eigenvalue weighted by Crippen LogP contribution is -2.36. The van der Waals surface area contributed by atoms with Crippen molar-refractivity contribution in [2.24, 2.45) is 5.73 Å². The molecule has 0 spiro atoms. The highest BCUT2D eigenvalue weighted by atomic mass is 15.3. The van der Waals surface area contributed by atoms with Crippen molar-refractivity contribution in [1.29, 1.82) is 0 Å². The fourth-order valence-electron chi connectivity index (χ4n) is 2.55. The number of nitrogens with zero attached hydrogens (tertiary/aromatic N) is 3.